The van der Waals surface area contributed by atoms with Crippen LogP contribution in [-0.4, -0.2) is 5.97 Å². The highest BCUT2D eigenvalue weighted by Crippen LogP contribution is 2.37. The summed E-state index contributed by atoms with van der Waals surface area (Å²) in [6, 6.07) is 20.9. The van der Waals surface area contributed by atoms with Crippen molar-refractivity contribution in [3.63, 3.8) is 0 Å². The first kappa shape index (κ1) is 12.0. The van der Waals surface area contributed by atoms with E-state index in [0.717, 1.165) is 16.3 Å². The summed E-state index contributed by atoms with van der Waals surface area (Å²) in [5.74, 6) is 0.223. The number of ether oxygens (including phenoxy) is 2. The van der Waals surface area contributed by atoms with Crippen molar-refractivity contribution in [2.24, 2.45) is 0 Å². The second-order valence-corrected chi connectivity index (χ2v) is 4.93. The van der Waals surface area contributed by atoms with Gasteiger partial charge in [-0.05, 0) is 16.8 Å². The number of carbonyl (C=O) groups is 1. The van der Waals surface area contributed by atoms with Crippen LogP contribution >= 0.6 is 0 Å². The van der Waals surface area contributed by atoms with Crippen LogP contribution in [0.15, 0.2) is 66.7 Å². The van der Waals surface area contributed by atoms with Crippen LogP contribution in [0.25, 0.3) is 10.8 Å². The quantitative estimate of drug-likeness (QED) is 0.628. The smallest absolute Gasteiger partial charge is 0.345 e. The normalized spacial score (nSPS) is 17.0. The minimum atomic E-state index is -0.688. The van der Waals surface area contributed by atoms with Crippen molar-refractivity contribution < 1.29 is 14.3 Å². The van der Waals surface area contributed by atoms with E-state index in [2.05, 4.69) is 0 Å². The van der Waals surface area contributed by atoms with Gasteiger partial charge in [-0.25, -0.2) is 4.79 Å². The Morgan fingerprint density at radius 2 is 1.52 bits per heavy atom. The summed E-state index contributed by atoms with van der Waals surface area (Å²) in [6.07, 6.45) is -0.688. The van der Waals surface area contributed by atoms with Crippen LogP contribution in [0.4, 0.5) is 0 Å². The Bertz CT molecular complexity index is 824. The molecule has 1 atom stereocenters. The Morgan fingerprint density at radius 1 is 0.762 bits per heavy atom. The fourth-order valence-electron chi connectivity index (χ4n) is 2.60. The SMILES string of the molecule is O=C1OC(c2ccccc2)Oc2ccc3ccccc3c21. The van der Waals surface area contributed by atoms with E-state index in [1.807, 2.05) is 66.7 Å². The highest BCUT2D eigenvalue weighted by molar-refractivity contribution is 6.07. The Labute approximate surface area is 121 Å². The maximum atomic E-state index is 12.4. The standard InChI is InChI=1S/C18H12O3/c19-17-16-14-9-5-4-6-12(14)10-11-15(16)20-18(21-17)13-7-2-1-3-8-13/h1-11,18H. The van der Waals surface area contributed by atoms with Gasteiger partial charge in [0.05, 0.1) is 0 Å². The Hall–Kier alpha value is -2.81. The molecule has 0 fully saturated rings. The fraction of sp³-hybridized carbons (Fsp3) is 0.0556. The van der Waals surface area contributed by atoms with Gasteiger partial charge in [-0.2, -0.15) is 0 Å². The summed E-state index contributed by atoms with van der Waals surface area (Å²) < 4.78 is 11.3. The van der Waals surface area contributed by atoms with Crippen LogP contribution in [0.3, 0.4) is 0 Å². The molecule has 1 aliphatic heterocycles. The molecule has 0 saturated heterocycles. The van der Waals surface area contributed by atoms with E-state index < -0.39 is 6.29 Å². The van der Waals surface area contributed by atoms with E-state index >= 15 is 0 Å². The fourth-order valence-corrected chi connectivity index (χ4v) is 2.60. The van der Waals surface area contributed by atoms with Crippen molar-refractivity contribution in [2.45, 2.75) is 6.29 Å². The molecule has 0 saturated carbocycles. The minimum Gasteiger partial charge on any atom is -0.449 e. The zero-order chi connectivity index (χ0) is 14.2. The van der Waals surface area contributed by atoms with Crippen molar-refractivity contribution >= 4 is 16.7 Å². The number of esters is 1. The first-order chi connectivity index (χ1) is 10.3. The first-order valence-corrected chi connectivity index (χ1v) is 6.77. The topological polar surface area (TPSA) is 35.5 Å². The Kier molecular flexibility index (Phi) is 2.64. The summed E-state index contributed by atoms with van der Waals surface area (Å²) in [5.41, 5.74) is 1.32. The summed E-state index contributed by atoms with van der Waals surface area (Å²) in [5, 5.41) is 1.85. The predicted molar refractivity (Wildman–Crippen MR) is 79.2 cm³/mol. The molecule has 21 heavy (non-hydrogen) atoms. The average molecular weight is 276 g/mol. The molecule has 1 unspecified atom stereocenters. The van der Waals surface area contributed by atoms with Gasteiger partial charge in [0.15, 0.2) is 0 Å². The number of carbonyl (C=O) groups excluding carboxylic acids is 1. The van der Waals surface area contributed by atoms with Crippen LogP contribution in [0.1, 0.15) is 22.2 Å². The first-order valence-electron chi connectivity index (χ1n) is 6.77. The van der Waals surface area contributed by atoms with Crippen molar-refractivity contribution in [3.8, 4) is 5.75 Å². The van der Waals surface area contributed by atoms with Crippen LogP contribution in [0, 0.1) is 0 Å². The molecule has 3 nitrogen and oxygen atoms in total. The molecule has 1 aliphatic rings. The molecule has 0 aliphatic carbocycles. The molecule has 3 heteroatoms. The number of hydrogen-bond donors (Lipinski definition) is 0. The number of rotatable bonds is 1. The molecule has 102 valence electrons. The molecule has 0 N–H and O–H groups in total. The van der Waals surface area contributed by atoms with Crippen LogP contribution in [-0.2, 0) is 4.74 Å². The predicted octanol–water partition coefficient (Wildman–Crippen LogP) is 4.09. The van der Waals surface area contributed by atoms with Gasteiger partial charge in [0, 0.05) is 5.56 Å². The van der Waals surface area contributed by atoms with Crippen molar-refractivity contribution in [3.05, 3.63) is 77.9 Å². The molecule has 4 rings (SSSR count). The Morgan fingerprint density at radius 3 is 2.38 bits per heavy atom. The molecular formula is C18H12O3. The summed E-state index contributed by atoms with van der Waals surface area (Å²) in [4.78, 5) is 12.4. The van der Waals surface area contributed by atoms with E-state index in [-0.39, 0.29) is 5.97 Å². The summed E-state index contributed by atoms with van der Waals surface area (Å²) in [6.45, 7) is 0. The third kappa shape index (κ3) is 1.94. The lowest BCUT2D eigenvalue weighted by molar-refractivity contribution is -0.0620. The van der Waals surface area contributed by atoms with Crippen molar-refractivity contribution in [2.75, 3.05) is 0 Å². The second-order valence-electron chi connectivity index (χ2n) is 4.93. The highest BCUT2D eigenvalue weighted by atomic mass is 16.7. The van der Waals surface area contributed by atoms with Gasteiger partial charge in [-0.15, -0.1) is 0 Å². The van der Waals surface area contributed by atoms with E-state index in [0.29, 0.717) is 11.3 Å². The molecule has 0 amide bonds. The van der Waals surface area contributed by atoms with Crippen LogP contribution in [0.5, 0.6) is 5.75 Å². The second kappa shape index (κ2) is 4.63. The van der Waals surface area contributed by atoms with E-state index in [1.165, 1.54) is 0 Å². The molecule has 1 heterocycles. The summed E-state index contributed by atoms with van der Waals surface area (Å²) >= 11 is 0. The molecular weight excluding hydrogens is 264 g/mol. The van der Waals surface area contributed by atoms with E-state index in [1.54, 1.807) is 0 Å². The van der Waals surface area contributed by atoms with Gasteiger partial charge in [-0.1, -0.05) is 60.7 Å². The molecule has 0 spiro atoms. The maximum absolute atomic E-state index is 12.4. The monoisotopic (exact) mass is 276 g/mol. The lowest BCUT2D eigenvalue weighted by Crippen LogP contribution is -2.23. The van der Waals surface area contributed by atoms with E-state index in [4.69, 9.17) is 9.47 Å². The minimum absolute atomic E-state index is 0.345. The van der Waals surface area contributed by atoms with Crippen LogP contribution < -0.4 is 4.74 Å². The number of hydrogen-bond acceptors (Lipinski definition) is 3. The summed E-state index contributed by atoms with van der Waals surface area (Å²) in [7, 11) is 0. The van der Waals surface area contributed by atoms with Gasteiger partial charge in [0.2, 0.25) is 0 Å². The van der Waals surface area contributed by atoms with Gasteiger partial charge in [0.25, 0.3) is 6.29 Å². The lowest BCUT2D eigenvalue weighted by atomic mass is 10.0. The van der Waals surface area contributed by atoms with E-state index in [9.17, 15) is 4.79 Å². The number of fused-ring (bicyclic) bond motifs is 3. The van der Waals surface area contributed by atoms with Gasteiger partial charge in [-0.3, -0.25) is 0 Å². The highest BCUT2D eigenvalue weighted by Gasteiger charge is 2.30. The molecule has 0 bridgehead atoms. The largest absolute Gasteiger partial charge is 0.449 e. The molecule has 0 aromatic heterocycles. The molecule has 0 radical (unpaired) electrons. The van der Waals surface area contributed by atoms with Crippen molar-refractivity contribution in [1.29, 1.82) is 0 Å². The molecule has 3 aromatic rings. The lowest BCUT2D eigenvalue weighted by Gasteiger charge is -2.26. The maximum Gasteiger partial charge on any atom is 0.345 e. The third-order valence-electron chi connectivity index (χ3n) is 3.61. The number of cyclic esters (lactones) is 1. The third-order valence-corrected chi connectivity index (χ3v) is 3.61. The van der Waals surface area contributed by atoms with Crippen LogP contribution in [0.2, 0.25) is 0 Å². The van der Waals surface area contributed by atoms with Gasteiger partial charge >= 0.3 is 5.97 Å². The van der Waals surface area contributed by atoms with Crippen molar-refractivity contribution in [1.82, 2.24) is 0 Å². The Balaban J connectivity index is 1.83. The number of benzene rings is 3. The molecule has 3 aromatic carbocycles. The average Bonchev–Trinajstić information content (AvgIpc) is 2.55. The zero-order valence-corrected chi connectivity index (χ0v) is 11.2. The zero-order valence-electron chi connectivity index (χ0n) is 11.2. The van der Waals surface area contributed by atoms with Gasteiger partial charge < -0.3 is 9.47 Å². The van der Waals surface area contributed by atoms with Gasteiger partial charge in [0.1, 0.15) is 11.3 Å².